The molecule has 0 radical (unpaired) electrons. The number of aryl methyl sites for hydroxylation is 1. The molecular weight excluding hydrogens is 246 g/mol. The van der Waals surface area contributed by atoms with E-state index in [1.165, 1.54) is 30.5 Å². The van der Waals surface area contributed by atoms with Gasteiger partial charge in [-0.25, -0.2) is 0 Å². The van der Waals surface area contributed by atoms with Crippen molar-refractivity contribution in [3.63, 3.8) is 0 Å². The first-order valence-corrected chi connectivity index (χ1v) is 8.09. The van der Waals surface area contributed by atoms with E-state index in [0.717, 1.165) is 18.4 Å². The van der Waals surface area contributed by atoms with Crippen LogP contribution in [0, 0.1) is 11.8 Å². The minimum atomic E-state index is 0.117. The molecule has 0 amide bonds. The molecule has 0 spiro atoms. The lowest BCUT2D eigenvalue weighted by Crippen LogP contribution is -2.32. The third kappa shape index (κ3) is 3.25. The third-order valence-electron chi connectivity index (χ3n) is 4.92. The van der Waals surface area contributed by atoms with Gasteiger partial charge in [0.15, 0.2) is 0 Å². The van der Waals surface area contributed by atoms with Gasteiger partial charge < -0.3 is 5.32 Å². The predicted octanol–water partition coefficient (Wildman–Crippen LogP) is 3.63. The molecule has 3 heteroatoms. The highest BCUT2D eigenvalue weighted by Gasteiger charge is 2.31. The van der Waals surface area contributed by atoms with Gasteiger partial charge in [-0.15, -0.1) is 0 Å². The average molecular weight is 277 g/mol. The van der Waals surface area contributed by atoms with Crippen LogP contribution in [0.5, 0.6) is 0 Å². The van der Waals surface area contributed by atoms with Crippen molar-refractivity contribution in [3.05, 3.63) is 17.5 Å². The van der Waals surface area contributed by atoms with Gasteiger partial charge >= 0.3 is 0 Å². The van der Waals surface area contributed by atoms with Crippen molar-refractivity contribution >= 4 is 0 Å². The lowest BCUT2D eigenvalue weighted by atomic mass is 9.89. The first kappa shape index (κ1) is 15.6. The molecule has 1 aliphatic carbocycles. The molecule has 0 saturated heterocycles. The Kier molecular flexibility index (Phi) is 4.58. The summed E-state index contributed by atoms with van der Waals surface area (Å²) in [6.07, 6.45) is 6.20. The number of aromatic nitrogens is 2. The molecule has 2 rings (SSSR count). The number of nitrogens with one attached hydrogen (secondary N) is 1. The van der Waals surface area contributed by atoms with Gasteiger partial charge in [0.2, 0.25) is 0 Å². The van der Waals surface area contributed by atoms with Crippen LogP contribution in [0.3, 0.4) is 0 Å². The Bertz CT molecular complexity index is 442. The van der Waals surface area contributed by atoms with Crippen LogP contribution in [0.15, 0.2) is 6.20 Å². The zero-order chi connectivity index (χ0) is 14.9. The van der Waals surface area contributed by atoms with Gasteiger partial charge in [-0.1, -0.05) is 41.0 Å². The molecule has 3 unspecified atom stereocenters. The van der Waals surface area contributed by atoms with Crippen LogP contribution in [0.1, 0.15) is 65.1 Å². The molecule has 1 fully saturated rings. The second-order valence-corrected chi connectivity index (χ2v) is 7.52. The van der Waals surface area contributed by atoms with E-state index in [1.54, 1.807) is 0 Å². The van der Waals surface area contributed by atoms with E-state index in [4.69, 9.17) is 0 Å². The number of rotatable bonds is 4. The summed E-state index contributed by atoms with van der Waals surface area (Å²) in [7, 11) is 2.02. The Hall–Kier alpha value is -0.830. The quantitative estimate of drug-likeness (QED) is 0.910. The summed E-state index contributed by atoms with van der Waals surface area (Å²) in [5, 5.41) is 8.44. The van der Waals surface area contributed by atoms with Crippen molar-refractivity contribution in [3.8, 4) is 0 Å². The maximum absolute atomic E-state index is 4.65. The molecule has 1 aromatic heterocycles. The number of hydrogen-bond acceptors (Lipinski definition) is 2. The van der Waals surface area contributed by atoms with Crippen molar-refractivity contribution in [1.82, 2.24) is 15.1 Å². The van der Waals surface area contributed by atoms with Crippen LogP contribution in [0.2, 0.25) is 0 Å². The molecule has 114 valence electrons. The fourth-order valence-corrected chi connectivity index (χ4v) is 3.65. The van der Waals surface area contributed by atoms with Crippen LogP contribution < -0.4 is 5.32 Å². The molecule has 1 aliphatic rings. The lowest BCUT2D eigenvalue weighted by molar-refractivity contribution is 0.343. The van der Waals surface area contributed by atoms with E-state index in [9.17, 15) is 0 Å². The van der Waals surface area contributed by atoms with Gasteiger partial charge in [-0.3, -0.25) is 4.68 Å². The second kappa shape index (κ2) is 5.88. The van der Waals surface area contributed by atoms with Crippen LogP contribution in [0.25, 0.3) is 0 Å². The Balaban J connectivity index is 2.02. The SMILES string of the molecule is CCC1CCC(NCc2cn(C)nc2C(C)(C)C)C1C. The third-order valence-corrected chi connectivity index (χ3v) is 4.92. The Labute approximate surface area is 124 Å². The van der Waals surface area contributed by atoms with E-state index in [0.29, 0.717) is 6.04 Å². The molecule has 0 aromatic carbocycles. The maximum atomic E-state index is 4.65. The van der Waals surface area contributed by atoms with E-state index >= 15 is 0 Å². The van der Waals surface area contributed by atoms with Crippen molar-refractivity contribution < 1.29 is 0 Å². The highest BCUT2D eigenvalue weighted by Crippen LogP contribution is 2.34. The smallest absolute Gasteiger partial charge is 0.0722 e. The molecule has 20 heavy (non-hydrogen) atoms. The predicted molar refractivity (Wildman–Crippen MR) is 84.7 cm³/mol. The largest absolute Gasteiger partial charge is 0.310 e. The van der Waals surface area contributed by atoms with Crippen molar-refractivity contribution in [2.24, 2.45) is 18.9 Å². The van der Waals surface area contributed by atoms with Crippen molar-refractivity contribution in [2.45, 2.75) is 71.9 Å². The zero-order valence-electron chi connectivity index (χ0n) is 14.0. The summed E-state index contributed by atoms with van der Waals surface area (Å²) in [6, 6.07) is 0.674. The van der Waals surface area contributed by atoms with Crippen molar-refractivity contribution in [2.75, 3.05) is 0 Å². The lowest BCUT2D eigenvalue weighted by Gasteiger charge is -2.22. The molecule has 0 aliphatic heterocycles. The Morgan fingerprint density at radius 2 is 2.05 bits per heavy atom. The van der Waals surface area contributed by atoms with E-state index in [2.05, 4.69) is 51.2 Å². The highest BCUT2D eigenvalue weighted by molar-refractivity contribution is 5.24. The summed E-state index contributed by atoms with van der Waals surface area (Å²) in [5.74, 6) is 1.71. The molecule has 1 saturated carbocycles. The Morgan fingerprint density at radius 3 is 2.60 bits per heavy atom. The fourth-order valence-electron chi connectivity index (χ4n) is 3.65. The normalized spacial score (nSPS) is 27.2. The van der Waals surface area contributed by atoms with Gasteiger partial charge in [0.25, 0.3) is 0 Å². The van der Waals surface area contributed by atoms with E-state index in [-0.39, 0.29) is 5.41 Å². The molecule has 0 bridgehead atoms. The van der Waals surface area contributed by atoms with Gasteiger partial charge in [-0.2, -0.15) is 5.10 Å². The van der Waals surface area contributed by atoms with Gasteiger partial charge in [-0.05, 0) is 24.7 Å². The molecule has 1 heterocycles. The maximum Gasteiger partial charge on any atom is 0.0722 e. The fraction of sp³-hybridized carbons (Fsp3) is 0.824. The highest BCUT2D eigenvalue weighted by atomic mass is 15.3. The second-order valence-electron chi connectivity index (χ2n) is 7.52. The summed E-state index contributed by atoms with van der Waals surface area (Å²) < 4.78 is 1.95. The average Bonchev–Trinajstić information content (AvgIpc) is 2.89. The minimum Gasteiger partial charge on any atom is -0.310 e. The topological polar surface area (TPSA) is 29.9 Å². The standard InChI is InChI=1S/C17H31N3/c1-7-13-8-9-15(12(13)2)18-10-14-11-20(6)19-16(14)17(3,4)5/h11-13,15,18H,7-10H2,1-6H3. The minimum absolute atomic E-state index is 0.117. The van der Waals surface area contributed by atoms with Gasteiger partial charge in [0, 0.05) is 36.8 Å². The molecule has 1 N–H and O–H groups in total. The van der Waals surface area contributed by atoms with E-state index < -0.39 is 0 Å². The van der Waals surface area contributed by atoms with Crippen molar-refractivity contribution in [1.29, 1.82) is 0 Å². The Morgan fingerprint density at radius 1 is 1.35 bits per heavy atom. The monoisotopic (exact) mass is 277 g/mol. The molecular formula is C17H31N3. The zero-order valence-corrected chi connectivity index (χ0v) is 14.0. The summed E-state index contributed by atoms with van der Waals surface area (Å²) in [6.45, 7) is 12.4. The van der Waals surface area contributed by atoms with Crippen LogP contribution in [-0.2, 0) is 19.0 Å². The summed E-state index contributed by atoms with van der Waals surface area (Å²) >= 11 is 0. The van der Waals surface area contributed by atoms with Crippen LogP contribution in [0.4, 0.5) is 0 Å². The van der Waals surface area contributed by atoms with E-state index in [1.807, 2.05) is 11.7 Å². The molecule has 3 atom stereocenters. The van der Waals surface area contributed by atoms with Crippen LogP contribution >= 0.6 is 0 Å². The molecule has 1 aromatic rings. The molecule has 3 nitrogen and oxygen atoms in total. The summed E-state index contributed by atoms with van der Waals surface area (Å²) in [4.78, 5) is 0. The van der Waals surface area contributed by atoms with Crippen LogP contribution in [-0.4, -0.2) is 15.8 Å². The first-order valence-electron chi connectivity index (χ1n) is 8.09. The first-order chi connectivity index (χ1) is 9.32. The van der Waals surface area contributed by atoms with Gasteiger partial charge in [0.1, 0.15) is 0 Å². The summed E-state index contributed by atoms with van der Waals surface area (Å²) in [5.41, 5.74) is 2.70. The van der Waals surface area contributed by atoms with Gasteiger partial charge in [0.05, 0.1) is 5.69 Å². The number of hydrogen-bond donors (Lipinski definition) is 1. The number of nitrogens with zero attached hydrogens (tertiary/aromatic N) is 2.